The first-order valence-electron chi connectivity index (χ1n) is 7.72. The largest absolute Gasteiger partial charge is 0.478 e. The number of nitrogens with one attached hydrogen (secondary N) is 1. The molecule has 0 aromatic heterocycles. The SMILES string of the molecule is CCC(OC(=O)c1cccc(N)c1)C(=O)Nc1ccc(Cl)c(C(=O)O)c1. The van der Waals surface area contributed by atoms with Crippen LogP contribution < -0.4 is 11.1 Å². The highest BCUT2D eigenvalue weighted by molar-refractivity contribution is 6.33. The average Bonchev–Trinajstić information content (AvgIpc) is 2.60. The Morgan fingerprint density at radius 1 is 1.23 bits per heavy atom. The third-order valence-electron chi connectivity index (χ3n) is 3.50. The number of ether oxygens (including phenoxy) is 1. The summed E-state index contributed by atoms with van der Waals surface area (Å²) in [5.74, 6) is -2.48. The fraction of sp³-hybridized carbons (Fsp3) is 0.167. The molecule has 0 heterocycles. The second-order valence-electron chi connectivity index (χ2n) is 5.42. The smallest absolute Gasteiger partial charge is 0.338 e. The van der Waals surface area contributed by atoms with Crippen molar-refractivity contribution in [3.8, 4) is 0 Å². The number of esters is 1. The van der Waals surface area contributed by atoms with Gasteiger partial charge in [0, 0.05) is 11.4 Å². The van der Waals surface area contributed by atoms with Gasteiger partial charge in [-0.15, -0.1) is 0 Å². The molecule has 136 valence electrons. The van der Waals surface area contributed by atoms with E-state index in [2.05, 4.69) is 5.32 Å². The first-order chi connectivity index (χ1) is 12.3. The summed E-state index contributed by atoms with van der Waals surface area (Å²) in [6, 6.07) is 10.3. The second kappa shape index (κ2) is 8.35. The van der Waals surface area contributed by atoms with Gasteiger partial charge in [0.1, 0.15) is 0 Å². The topological polar surface area (TPSA) is 119 Å². The number of carbonyl (C=O) groups excluding carboxylic acids is 2. The lowest BCUT2D eigenvalue weighted by Gasteiger charge is -2.16. The van der Waals surface area contributed by atoms with E-state index >= 15 is 0 Å². The molecule has 0 fully saturated rings. The molecule has 1 unspecified atom stereocenters. The van der Waals surface area contributed by atoms with Gasteiger partial charge in [0.25, 0.3) is 5.91 Å². The third-order valence-corrected chi connectivity index (χ3v) is 3.83. The highest BCUT2D eigenvalue weighted by Crippen LogP contribution is 2.21. The van der Waals surface area contributed by atoms with E-state index in [-0.39, 0.29) is 28.3 Å². The molecule has 0 radical (unpaired) electrons. The first kappa shape index (κ1) is 19.3. The molecule has 26 heavy (non-hydrogen) atoms. The zero-order chi connectivity index (χ0) is 19.3. The molecule has 0 saturated carbocycles. The van der Waals surface area contributed by atoms with Crippen LogP contribution in [0.1, 0.15) is 34.1 Å². The summed E-state index contributed by atoms with van der Waals surface area (Å²) in [5.41, 5.74) is 6.35. The van der Waals surface area contributed by atoms with Crippen LogP contribution in [0.25, 0.3) is 0 Å². The van der Waals surface area contributed by atoms with Crippen LogP contribution in [0.5, 0.6) is 0 Å². The van der Waals surface area contributed by atoms with Crippen LogP contribution in [-0.2, 0) is 9.53 Å². The Labute approximate surface area is 154 Å². The first-order valence-corrected chi connectivity index (χ1v) is 8.09. The van der Waals surface area contributed by atoms with Gasteiger partial charge in [0.15, 0.2) is 6.10 Å². The molecule has 1 amide bonds. The Balaban J connectivity index is 2.10. The molecule has 0 aliphatic heterocycles. The van der Waals surface area contributed by atoms with Crippen LogP contribution in [-0.4, -0.2) is 29.1 Å². The van der Waals surface area contributed by atoms with Crippen LogP contribution in [0.4, 0.5) is 11.4 Å². The van der Waals surface area contributed by atoms with Gasteiger partial charge in [-0.3, -0.25) is 4.79 Å². The van der Waals surface area contributed by atoms with E-state index in [1.165, 1.54) is 30.3 Å². The molecule has 0 spiro atoms. The Bertz CT molecular complexity index is 853. The molecule has 0 aliphatic carbocycles. The minimum absolute atomic E-state index is 0.0515. The third kappa shape index (κ3) is 4.73. The number of nitrogens with two attached hydrogens (primary N) is 1. The number of carboxylic acids is 1. The lowest BCUT2D eigenvalue weighted by Crippen LogP contribution is -2.32. The van der Waals surface area contributed by atoms with Crippen molar-refractivity contribution < 1.29 is 24.2 Å². The highest BCUT2D eigenvalue weighted by atomic mass is 35.5. The van der Waals surface area contributed by atoms with Gasteiger partial charge in [-0.25, -0.2) is 9.59 Å². The summed E-state index contributed by atoms with van der Waals surface area (Å²) in [6.07, 6.45) is -0.813. The van der Waals surface area contributed by atoms with E-state index in [0.29, 0.717) is 5.69 Å². The summed E-state index contributed by atoms with van der Waals surface area (Å²) in [7, 11) is 0. The number of carbonyl (C=O) groups is 3. The zero-order valence-electron chi connectivity index (χ0n) is 13.9. The molecule has 4 N–H and O–H groups in total. The van der Waals surface area contributed by atoms with Gasteiger partial charge in [-0.2, -0.15) is 0 Å². The summed E-state index contributed by atoms with van der Waals surface area (Å²) in [4.78, 5) is 35.6. The van der Waals surface area contributed by atoms with E-state index in [0.717, 1.165) is 0 Å². The Kier molecular flexibility index (Phi) is 6.19. The molecular weight excluding hydrogens is 360 g/mol. The molecule has 2 aromatic rings. The molecule has 2 rings (SSSR count). The number of amides is 1. The van der Waals surface area contributed by atoms with Crippen molar-refractivity contribution in [1.29, 1.82) is 0 Å². The normalized spacial score (nSPS) is 11.5. The molecule has 1 atom stereocenters. The summed E-state index contributed by atoms with van der Waals surface area (Å²) >= 11 is 5.79. The van der Waals surface area contributed by atoms with Crippen molar-refractivity contribution in [1.82, 2.24) is 0 Å². The second-order valence-corrected chi connectivity index (χ2v) is 5.82. The lowest BCUT2D eigenvalue weighted by atomic mass is 10.1. The standard InChI is InChI=1S/C18H17ClN2O5/c1-2-15(26-18(25)10-4-3-5-11(20)8-10)16(22)21-12-6-7-14(19)13(9-12)17(23)24/h3-9,15H,2,20H2,1H3,(H,21,22)(H,23,24). The van der Waals surface area contributed by atoms with Crippen LogP contribution in [0.2, 0.25) is 5.02 Å². The van der Waals surface area contributed by atoms with E-state index in [4.69, 9.17) is 27.2 Å². The molecule has 0 aliphatic rings. The van der Waals surface area contributed by atoms with E-state index in [9.17, 15) is 14.4 Å². The van der Waals surface area contributed by atoms with Gasteiger partial charge < -0.3 is 20.9 Å². The predicted molar refractivity (Wildman–Crippen MR) is 97.4 cm³/mol. The van der Waals surface area contributed by atoms with Crippen LogP contribution in [0.15, 0.2) is 42.5 Å². The van der Waals surface area contributed by atoms with Crippen LogP contribution in [0.3, 0.4) is 0 Å². The van der Waals surface area contributed by atoms with Gasteiger partial charge in [-0.1, -0.05) is 24.6 Å². The maximum Gasteiger partial charge on any atom is 0.338 e. The van der Waals surface area contributed by atoms with Gasteiger partial charge in [0.2, 0.25) is 0 Å². The molecule has 8 heteroatoms. The number of hydrogen-bond donors (Lipinski definition) is 3. The van der Waals surface area contributed by atoms with Crippen LogP contribution >= 0.6 is 11.6 Å². The van der Waals surface area contributed by atoms with E-state index < -0.39 is 23.9 Å². The maximum atomic E-state index is 12.4. The van der Waals surface area contributed by atoms with Gasteiger partial charge >= 0.3 is 11.9 Å². The molecule has 0 bridgehead atoms. The number of anilines is 2. The van der Waals surface area contributed by atoms with Crippen molar-refractivity contribution in [3.05, 3.63) is 58.6 Å². The van der Waals surface area contributed by atoms with E-state index in [1.807, 2.05) is 0 Å². The van der Waals surface area contributed by atoms with Gasteiger partial charge in [0.05, 0.1) is 16.1 Å². The van der Waals surface area contributed by atoms with Crippen LogP contribution in [0, 0.1) is 0 Å². The molecule has 0 saturated heterocycles. The van der Waals surface area contributed by atoms with Crippen molar-refractivity contribution in [2.24, 2.45) is 0 Å². The maximum absolute atomic E-state index is 12.4. The minimum Gasteiger partial charge on any atom is -0.478 e. The fourth-order valence-electron chi connectivity index (χ4n) is 2.17. The van der Waals surface area contributed by atoms with Crippen molar-refractivity contribution in [3.63, 3.8) is 0 Å². The molecular formula is C18H17ClN2O5. The molecule has 2 aromatic carbocycles. The monoisotopic (exact) mass is 376 g/mol. The fourth-order valence-corrected chi connectivity index (χ4v) is 2.37. The highest BCUT2D eigenvalue weighted by Gasteiger charge is 2.22. The Hall–Kier alpha value is -3.06. The number of rotatable bonds is 6. The summed E-state index contributed by atoms with van der Waals surface area (Å²) in [6.45, 7) is 1.68. The number of carboxylic acid groups (broad SMARTS) is 1. The molecule has 7 nitrogen and oxygen atoms in total. The Morgan fingerprint density at radius 2 is 1.96 bits per heavy atom. The van der Waals surface area contributed by atoms with Crippen molar-refractivity contribution in [2.75, 3.05) is 11.1 Å². The lowest BCUT2D eigenvalue weighted by molar-refractivity contribution is -0.124. The van der Waals surface area contributed by atoms with E-state index in [1.54, 1.807) is 19.1 Å². The van der Waals surface area contributed by atoms with Crippen molar-refractivity contribution in [2.45, 2.75) is 19.4 Å². The number of benzene rings is 2. The zero-order valence-corrected chi connectivity index (χ0v) is 14.6. The van der Waals surface area contributed by atoms with Crippen molar-refractivity contribution >= 4 is 40.8 Å². The number of halogens is 1. The number of nitrogen functional groups attached to an aromatic ring is 1. The summed E-state index contributed by atoms with van der Waals surface area (Å²) in [5, 5.41) is 11.6. The van der Waals surface area contributed by atoms with Gasteiger partial charge in [-0.05, 0) is 42.8 Å². The quantitative estimate of drug-likeness (QED) is 0.526. The average molecular weight is 377 g/mol. The predicted octanol–water partition coefficient (Wildman–Crippen LogP) is 3.19. The number of aromatic carboxylic acids is 1. The number of hydrogen-bond acceptors (Lipinski definition) is 5. The Morgan fingerprint density at radius 3 is 2.58 bits per heavy atom. The summed E-state index contributed by atoms with van der Waals surface area (Å²) < 4.78 is 5.23. The minimum atomic E-state index is -1.22.